The van der Waals surface area contributed by atoms with E-state index in [9.17, 15) is 39.0 Å². The number of fused-ring (bicyclic) bond motifs is 2. The van der Waals surface area contributed by atoms with Gasteiger partial charge in [0, 0.05) is 13.1 Å². The van der Waals surface area contributed by atoms with Crippen molar-refractivity contribution in [3.05, 3.63) is 53.6 Å². The van der Waals surface area contributed by atoms with Crippen molar-refractivity contribution in [1.82, 2.24) is 43.3 Å². The summed E-state index contributed by atoms with van der Waals surface area (Å²) in [7, 11) is -3.55. The number of imidazole rings is 2. The highest BCUT2D eigenvalue weighted by atomic mass is 32.2. The fraction of sp³-hybridized carbons (Fsp3) is 0.448. The Morgan fingerprint density at radius 1 is 0.907 bits per heavy atom. The van der Waals surface area contributed by atoms with E-state index in [1.54, 1.807) is 0 Å². The van der Waals surface area contributed by atoms with E-state index in [0.717, 1.165) is 16.4 Å². The average Bonchev–Trinajstić information content (AvgIpc) is 3.93. The van der Waals surface area contributed by atoms with Gasteiger partial charge in [0.2, 0.25) is 10.0 Å². The van der Waals surface area contributed by atoms with E-state index in [1.807, 2.05) is 0 Å². The summed E-state index contributed by atoms with van der Waals surface area (Å²) >= 11 is 0. The van der Waals surface area contributed by atoms with Gasteiger partial charge in [-0.1, -0.05) is 0 Å². The lowest BCUT2D eigenvalue weighted by Gasteiger charge is -2.28. The Labute approximate surface area is 303 Å². The molecule has 2 aliphatic rings. The minimum Gasteiger partial charge on any atom is -0.497 e. The van der Waals surface area contributed by atoms with Crippen LogP contribution < -0.4 is 16.2 Å². The molecule has 8 atom stereocenters. The number of hydrogen-bond acceptors (Lipinski definition) is 20. The average molecular weight is 775 g/mol. The van der Waals surface area contributed by atoms with Crippen LogP contribution in [0.5, 0.6) is 5.75 Å². The molecule has 2 fully saturated rings. The van der Waals surface area contributed by atoms with Crippen molar-refractivity contribution in [3.63, 3.8) is 0 Å². The lowest BCUT2D eigenvalue weighted by molar-refractivity contribution is -0.387. The molecular weight excluding hydrogens is 740 g/mol. The lowest BCUT2D eigenvalue weighted by atomic mass is 10.1. The molecule has 25 heteroatoms. The molecule has 288 valence electrons. The van der Waals surface area contributed by atoms with Crippen molar-refractivity contribution >= 4 is 49.7 Å². The Hall–Kier alpha value is -5.25. The molecule has 0 bridgehead atoms. The van der Waals surface area contributed by atoms with Crippen LogP contribution >= 0.6 is 0 Å². The first-order valence-corrected chi connectivity index (χ1v) is 17.6. The first-order chi connectivity index (χ1) is 25.8. The molecular formula is C29H34N12O12S. The van der Waals surface area contributed by atoms with Gasteiger partial charge in [0.05, 0.1) is 44.0 Å². The summed E-state index contributed by atoms with van der Waals surface area (Å²) < 4.78 is 55.1. The Kier molecular flexibility index (Phi) is 9.98. The van der Waals surface area contributed by atoms with E-state index in [4.69, 9.17) is 30.4 Å². The molecule has 0 amide bonds. The summed E-state index contributed by atoms with van der Waals surface area (Å²) in [6, 6.07) is 3.17. The fourth-order valence-electron chi connectivity index (χ4n) is 6.42. The number of sulfonamides is 1. The number of ether oxygens (including phenoxy) is 4. The minimum atomic E-state index is -4.81. The maximum Gasteiger partial charge on any atom is 0.293 e. The predicted octanol–water partition coefficient (Wildman–Crippen LogP) is -2.31. The Balaban J connectivity index is 1.19. The van der Waals surface area contributed by atoms with Crippen LogP contribution in [0.4, 0.5) is 17.3 Å². The molecule has 54 heavy (non-hydrogen) atoms. The van der Waals surface area contributed by atoms with Gasteiger partial charge in [-0.05, 0) is 12.1 Å². The van der Waals surface area contributed by atoms with Crippen LogP contribution in [0.15, 0.2) is 48.4 Å². The van der Waals surface area contributed by atoms with Gasteiger partial charge in [0.15, 0.2) is 40.3 Å². The van der Waals surface area contributed by atoms with Gasteiger partial charge in [-0.3, -0.25) is 19.2 Å². The summed E-state index contributed by atoms with van der Waals surface area (Å²) in [4.78, 5) is 34.9. The molecule has 6 heterocycles. The van der Waals surface area contributed by atoms with Crippen LogP contribution in [-0.4, -0.2) is 147 Å². The molecule has 24 nitrogen and oxygen atoms in total. The highest BCUT2D eigenvalue weighted by Crippen LogP contribution is 2.37. The second-order valence-corrected chi connectivity index (χ2v) is 14.1. The third-order valence-corrected chi connectivity index (χ3v) is 11.1. The Morgan fingerprint density at radius 2 is 1.52 bits per heavy atom. The third kappa shape index (κ3) is 6.39. The zero-order chi connectivity index (χ0) is 38.5. The van der Waals surface area contributed by atoms with Crippen LogP contribution in [0.1, 0.15) is 12.5 Å². The number of nitrogens with two attached hydrogens (primary N) is 2. The SMILES string of the molecule is COc1ccc(S(=O)(=O)N(CCO[C@@H]2[C@H](O)[C@@H](CO)O[C@H]2n2cnc3c(N)ncnc32)C[C@H]2O[C@@H](n3cnc4c(N)ncnc43)[C@H](O)[C@@H]2O)c([N+](=O)[O-])c1. The topological polar surface area (TPSA) is 338 Å². The second-order valence-electron chi connectivity index (χ2n) is 12.2. The van der Waals surface area contributed by atoms with Crippen molar-refractivity contribution in [2.24, 2.45) is 0 Å². The molecule has 7 rings (SSSR count). The molecule has 1 aromatic carbocycles. The molecule has 0 aliphatic carbocycles. The zero-order valence-electron chi connectivity index (χ0n) is 28.1. The highest BCUT2D eigenvalue weighted by molar-refractivity contribution is 7.89. The normalized spacial score (nSPS) is 26.0. The Bertz CT molecular complexity index is 2290. The van der Waals surface area contributed by atoms with Gasteiger partial charge in [-0.25, -0.2) is 38.3 Å². The van der Waals surface area contributed by atoms with Crippen LogP contribution in [0.2, 0.25) is 0 Å². The summed E-state index contributed by atoms with van der Waals surface area (Å²) in [5.74, 6) is 0.140. The molecule has 0 unspecified atom stereocenters. The number of methoxy groups -OCH3 is 1. The van der Waals surface area contributed by atoms with E-state index in [0.29, 0.717) is 0 Å². The van der Waals surface area contributed by atoms with Gasteiger partial charge in [0.1, 0.15) is 66.1 Å². The number of aromatic nitrogens is 8. The van der Waals surface area contributed by atoms with E-state index in [2.05, 4.69) is 29.9 Å². The van der Waals surface area contributed by atoms with Gasteiger partial charge in [0.25, 0.3) is 5.69 Å². The van der Waals surface area contributed by atoms with Crippen LogP contribution in [0.25, 0.3) is 22.3 Å². The number of nitro benzene ring substituents is 1. The van der Waals surface area contributed by atoms with Crippen molar-refractivity contribution in [3.8, 4) is 5.75 Å². The summed E-state index contributed by atoms with van der Waals surface area (Å²) in [6.45, 7) is -2.25. The van der Waals surface area contributed by atoms with Gasteiger partial charge < -0.3 is 50.8 Å². The maximum atomic E-state index is 14.3. The van der Waals surface area contributed by atoms with Gasteiger partial charge in [-0.15, -0.1) is 0 Å². The quantitative estimate of drug-likeness (QED) is 0.0541. The van der Waals surface area contributed by atoms with E-state index in [-0.39, 0.29) is 39.7 Å². The lowest BCUT2D eigenvalue weighted by Crippen LogP contribution is -2.45. The number of benzene rings is 1. The molecule has 2 saturated heterocycles. The van der Waals surface area contributed by atoms with Crippen LogP contribution in [-0.2, 0) is 24.2 Å². The van der Waals surface area contributed by atoms with Crippen molar-refractivity contribution < 1.29 is 52.7 Å². The smallest absolute Gasteiger partial charge is 0.293 e. The zero-order valence-corrected chi connectivity index (χ0v) is 28.9. The number of aliphatic hydroxyl groups excluding tert-OH is 4. The number of rotatable bonds is 13. The Morgan fingerprint density at radius 3 is 2.11 bits per heavy atom. The monoisotopic (exact) mass is 774 g/mol. The molecule has 8 N–H and O–H groups in total. The minimum absolute atomic E-state index is 0.0202. The van der Waals surface area contributed by atoms with Gasteiger partial charge in [-0.2, -0.15) is 4.31 Å². The fourth-order valence-corrected chi connectivity index (χ4v) is 7.99. The number of aliphatic hydroxyl groups is 4. The van der Waals surface area contributed by atoms with Crippen molar-refractivity contribution in [2.45, 2.75) is 54.0 Å². The first kappa shape index (κ1) is 37.1. The standard InChI is InChI=1S/C29H34N12O12S/c1-50-13-2-3-17(14(6-13)41(46)47)54(48,49)38(7-15-20(43)22(45)28(52-15)39-11-36-18-24(30)32-9-34-26(18)39)4-5-51-23-21(44)16(8-42)53-29(23)40-12-37-19-25(31)33-10-35-27(19)40/h2-3,6,9-12,15-16,20-23,28-29,42-45H,4-5,7-8H2,1H3,(H2,30,32,34)(H2,31,33,35)/t15-,16-,20-,21-,22-,23-,28-,29-/m1/s1. The summed E-state index contributed by atoms with van der Waals surface area (Å²) in [5, 5.41) is 55.3. The van der Waals surface area contributed by atoms with Crippen LogP contribution in [0, 0.1) is 10.1 Å². The summed E-state index contributed by atoms with van der Waals surface area (Å²) in [5.41, 5.74) is 11.8. The number of hydrogen-bond donors (Lipinski definition) is 6. The van der Waals surface area contributed by atoms with E-state index in [1.165, 1.54) is 47.6 Å². The van der Waals surface area contributed by atoms with Crippen molar-refractivity contribution in [2.75, 3.05) is 44.9 Å². The highest BCUT2D eigenvalue weighted by Gasteiger charge is 2.48. The largest absolute Gasteiger partial charge is 0.497 e. The molecule has 2 aliphatic heterocycles. The third-order valence-electron chi connectivity index (χ3n) is 9.17. The van der Waals surface area contributed by atoms with Gasteiger partial charge >= 0.3 is 0 Å². The maximum absolute atomic E-state index is 14.3. The van der Waals surface area contributed by atoms with Crippen molar-refractivity contribution in [1.29, 1.82) is 0 Å². The van der Waals surface area contributed by atoms with E-state index >= 15 is 0 Å². The summed E-state index contributed by atoms with van der Waals surface area (Å²) in [6.07, 6.45) is -6.01. The number of nitrogen functional groups attached to an aromatic ring is 2. The predicted molar refractivity (Wildman–Crippen MR) is 181 cm³/mol. The van der Waals surface area contributed by atoms with Crippen LogP contribution in [0.3, 0.4) is 0 Å². The molecule has 0 saturated carbocycles. The number of nitro groups is 1. The van der Waals surface area contributed by atoms with E-state index < -0.39 is 101 Å². The second kappa shape index (κ2) is 14.5. The molecule has 4 aromatic heterocycles. The number of nitrogens with zero attached hydrogens (tertiary/aromatic N) is 10. The molecule has 0 radical (unpaired) electrons. The molecule has 0 spiro atoms. The molecule has 5 aromatic rings. The number of anilines is 2. The first-order valence-electron chi connectivity index (χ1n) is 16.1.